The standard InChI is InChI=1S/C31H40O5/c1-3-9-25-10-12-26(13-11-25)27-14-20-30(21-15-27)36-31(32)28-16-18-29(19-17-28)33-23-7-5-6-8-24-35-34-22-4-2/h14-22,25-26H,2-3,5-13,23-24H2,1H3. The third-order valence-electron chi connectivity index (χ3n) is 6.79. The van der Waals surface area contributed by atoms with E-state index in [0.29, 0.717) is 30.4 Å². The lowest BCUT2D eigenvalue weighted by Gasteiger charge is -2.28. The minimum absolute atomic E-state index is 0.357. The number of ether oxygens (including phenoxy) is 2. The van der Waals surface area contributed by atoms with Crippen LogP contribution < -0.4 is 9.47 Å². The van der Waals surface area contributed by atoms with Gasteiger partial charge in [-0.3, -0.25) is 0 Å². The van der Waals surface area contributed by atoms with Crippen LogP contribution in [0, 0.1) is 5.92 Å². The molecule has 0 aliphatic heterocycles. The van der Waals surface area contributed by atoms with Crippen LogP contribution in [0.25, 0.3) is 0 Å². The fourth-order valence-corrected chi connectivity index (χ4v) is 4.78. The molecule has 36 heavy (non-hydrogen) atoms. The Bertz CT molecular complexity index is 936. The van der Waals surface area contributed by atoms with E-state index in [-0.39, 0.29) is 5.97 Å². The molecule has 5 nitrogen and oxygen atoms in total. The number of carbonyl (C=O) groups is 1. The van der Waals surface area contributed by atoms with Crippen molar-refractivity contribution in [3.8, 4) is 11.5 Å². The molecule has 0 atom stereocenters. The SMILES string of the molecule is C=C=COOCCCCCCOc1ccc(C(=O)Oc2ccc(C3CCC(CCC)CC3)cc2)cc1. The summed E-state index contributed by atoms with van der Waals surface area (Å²) in [4.78, 5) is 22.2. The number of rotatable bonds is 15. The summed E-state index contributed by atoms with van der Waals surface area (Å²) in [6, 6.07) is 15.2. The Balaban J connectivity index is 1.34. The number of carbonyl (C=O) groups excluding carboxylic acids is 1. The molecule has 3 rings (SSSR count). The zero-order chi connectivity index (χ0) is 25.4. The first-order valence-electron chi connectivity index (χ1n) is 13.4. The van der Waals surface area contributed by atoms with Crippen LogP contribution >= 0.6 is 0 Å². The van der Waals surface area contributed by atoms with Gasteiger partial charge in [-0.05, 0) is 98.7 Å². The molecule has 0 saturated heterocycles. The largest absolute Gasteiger partial charge is 0.494 e. The molecule has 0 bridgehead atoms. The van der Waals surface area contributed by atoms with Gasteiger partial charge in [0.25, 0.3) is 0 Å². The van der Waals surface area contributed by atoms with Crippen molar-refractivity contribution in [3.05, 3.63) is 78.2 Å². The summed E-state index contributed by atoms with van der Waals surface area (Å²) in [5.41, 5.74) is 4.34. The number of hydrogen-bond acceptors (Lipinski definition) is 5. The van der Waals surface area contributed by atoms with E-state index in [0.717, 1.165) is 37.4 Å². The average Bonchev–Trinajstić information content (AvgIpc) is 2.91. The monoisotopic (exact) mass is 492 g/mol. The quantitative estimate of drug-likeness (QED) is 0.0477. The highest BCUT2D eigenvalue weighted by atomic mass is 17.2. The molecule has 5 heteroatoms. The Labute approximate surface area is 216 Å². The molecular formula is C31H40O5. The van der Waals surface area contributed by atoms with E-state index in [1.165, 1.54) is 50.4 Å². The van der Waals surface area contributed by atoms with E-state index >= 15 is 0 Å². The third kappa shape index (κ3) is 9.56. The van der Waals surface area contributed by atoms with Gasteiger partial charge in [-0.2, -0.15) is 4.89 Å². The molecule has 1 saturated carbocycles. The summed E-state index contributed by atoms with van der Waals surface area (Å²) >= 11 is 0. The van der Waals surface area contributed by atoms with E-state index in [2.05, 4.69) is 31.4 Å². The van der Waals surface area contributed by atoms with E-state index < -0.39 is 0 Å². The van der Waals surface area contributed by atoms with Gasteiger partial charge in [-0.15, -0.1) is 0 Å². The van der Waals surface area contributed by atoms with Crippen molar-refractivity contribution in [2.75, 3.05) is 13.2 Å². The zero-order valence-electron chi connectivity index (χ0n) is 21.6. The van der Waals surface area contributed by atoms with E-state index in [9.17, 15) is 4.79 Å². The molecule has 2 aromatic carbocycles. The van der Waals surface area contributed by atoms with Gasteiger partial charge in [0.1, 0.15) is 11.5 Å². The number of benzene rings is 2. The second kappa shape index (κ2) is 15.9. The van der Waals surface area contributed by atoms with E-state index in [4.69, 9.17) is 19.2 Å². The molecule has 0 spiro atoms. The summed E-state index contributed by atoms with van der Waals surface area (Å²) in [6.45, 7) is 6.83. The summed E-state index contributed by atoms with van der Waals surface area (Å²) in [5.74, 6) is 2.50. The maximum Gasteiger partial charge on any atom is 0.343 e. The van der Waals surface area contributed by atoms with Gasteiger partial charge < -0.3 is 14.4 Å². The molecule has 194 valence electrons. The predicted octanol–water partition coefficient (Wildman–Crippen LogP) is 8.17. The van der Waals surface area contributed by atoms with E-state index in [1.54, 1.807) is 12.1 Å². The highest BCUT2D eigenvalue weighted by Gasteiger charge is 2.22. The van der Waals surface area contributed by atoms with Crippen LogP contribution in [-0.4, -0.2) is 19.2 Å². The first kappa shape index (κ1) is 27.6. The highest BCUT2D eigenvalue weighted by molar-refractivity contribution is 5.91. The molecule has 0 N–H and O–H groups in total. The van der Waals surface area contributed by atoms with Gasteiger partial charge in [0.2, 0.25) is 0 Å². The Morgan fingerprint density at radius 3 is 2.25 bits per heavy atom. The lowest BCUT2D eigenvalue weighted by Crippen LogP contribution is -2.13. The highest BCUT2D eigenvalue weighted by Crippen LogP contribution is 2.37. The normalized spacial score (nSPS) is 17.1. The lowest BCUT2D eigenvalue weighted by atomic mass is 9.77. The second-order valence-corrected chi connectivity index (χ2v) is 9.49. The molecule has 1 aliphatic rings. The molecule has 0 heterocycles. The Kier molecular flexibility index (Phi) is 12.2. The van der Waals surface area contributed by atoms with Crippen LogP contribution in [0.1, 0.15) is 93.0 Å². The number of hydrogen-bond donors (Lipinski definition) is 0. The fraction of sp³-hybridized carbons (Fsp3) is 0.484. The number of unbranched alkanes of at least 4 members (excludes halogenated alkanes) is 3. The summed E-state index contributed by atoms with van der Waals surface area (Å²) < 4.78 is 11.4. The summed E-state index contributed by atoms with van der Waals surface area (Å²) in [6.07, 6.45) is 13.1. The van der Waals surface area contributed by atoms with Gasteiger partial charge in [0.15, 0.2) is 6.26 Å². The first-order valence-corrected chi connectivity index (χ1v) is 13.4. The van der Waals surface area contributed by atoms with Crippen LogP contribution in [0.2, 0.25) is 0 Å². The van der Waals surface area contributed by atoms with E-state index in [1.807, 2.05) is 24.3 Å². The molecule has 0 radical (unpaired) electrons. The minimum Gasteiger partial charge on any atom is -0.494 e. The molecule has 0 aromatic heterocycles. The van der Waals surface area contributed by atoms with Gasteiger partial charge in [-0.25, -0.2) is 4.79 Å². The lowest BCUT2D eigenvalue weighted by molar-refractivity contribution is -0.248. The predicted molar refractivity (Wildman–Crippen MR) is 142 cm³/mol. The van der Waals surface area contributed by atoms with Crippen molar-refractivity contribution in [3.63, 3.8) is 0 Å². The van der Waals surface area contributed by atoms with Crippen LogP contribution in [0.4, 0.5) is 0 Å². The fourth-order valence-electron chi connectivity index (χ4n) is 4.78. The van der Waals surface area contributed by atoms with Crippen LogP contribution in [0.5, 0.6) is 11.5 Å². The van der Waals surface area contributed by atoms with Crippen LogP contribution in [-0.2, 0) is 9.78 Å². The maximum atomic E-state index is 12.6. The molecule has 2 aromatic rings. The second-order valence-electron chi connectivity index (χ2n) is 9.49. The van der Waals surface area contributed by atoms with Crippen molar-refractivity contribution in [2.24, 2.45) is 5.92 Å². The third-order valence-corrected chi connectivity index (χ3v) is 6.79. The van der Waals surface area contributed by atoms with Gasteiger partial charge in [-0.1, -0.05) is 50.6 Å². The number of esters is 1. The van der Waals surface area contributed by atoms with Crippen molar-refractivity contribution >= 4 is 5.97 Å². The zero-order valence-corrected chi connectivity index (χ0v) is 21.6. The van der Waals surface area contributed by atoms with Gasteiger partial charge in [0, 0.05) is 0 Å². The topological polar surface area (TPSA) is 54.0 Å². The van der Waals surface area contributed by atoms with Gasteiger partial charge >= 0.3 is 5.97 Å². The Morgan fingerprint density at radius 1 is 0.917 bits per heavy atom. The minimum atomic E-state index is -0.357. The first-order chi connectivity index (χ1) is 17.7. The Morgan fingerprint density at radius 2 is 1.58 bits per heavy atom. The summed E-state index contributed by atoms with van der Waals surface area (Å²) in [7, 11) is 0. The smallest absolute Gasteiger partial charge is 0.343 e. The van der Waals surface area contributed by atoms with Crippen molar-refractivity contribution in [2.45, 2.75) is 77.0 Å². The molecule has 0 unspecified atom stereocenters. The maximum absolute atomic E-state index is 12.6. The van der Waals surface area contributed by atoms with Gasteiger partial charge in [0.05, 0.1) is 18.8 Å². The average molecular weight is 493 g/mol. The molecular weight excluding hydrogens is 452 g/mol. The van der Waals surface area contributed by atoms with Crippen LogP contribution in [0.15, 0.2) is 67.1 Å². The molecule has 1 fully saturated rings. The van der Waals surface area contributed by atoms with Crippen molar-refractivity contribution in [1.29, 1.82) is 0 Å². The van der Waals surface area contributed by atoms with Crippen molar-refractivity contribution in [1.82, 2.24) is 0 Å². The molecule has 0 amide bonds. The molecule has 1 aliphatic carbocycles. The Hall–Kier alpha value is -3.01. The van der Waals surface area contributed by atoms with Crippen LogP contribution in [0.3, 0.4) is 0 Å². The van der Waals surface area contributed by atoms with Crippen molar-refractivity contribution < 1.29 is 24.0 Å². The summed E-state index contributed by atoms with van der Waals surface area (Å²) in [5, 5.41) is 0.